The number of hydrogen-bond donors (Lipinski definition) is 0. The molecule has 6 nitrogen and oxygen atoms in total. The maximum atomic E-state index is 12.7. The summed E-state index contributed by atoms with van der Waals surface area (Å²) < 4.78 is 2.02. The lowest BCUT2D eigenvalue weighted by atomic mass is 10.1. The number of likely N-dealkylation sites (N-methyl/N-ethyl adjacent to an activating group) is 1. The third-order valence-corrected chi connectivity index (χ3v) is 5.86. The van der Waals surface area contributed by atoms with Crippen molar-refractivity contribution in [2.24, 2.45) is 0 Å². The number of nitrogens with zero attached hydrogens (tertiary/aromatic N) is 4. The van der Waals surface area contributed by atoms with Gasteiger partial charge in [-0.15, -0.1) is 10.2 Å². The molecule has 1 aliphatic heterocycles. The van der Waals surface area contributed by atoms with Crippen LogP contribution < -0.4 is 4.90 Å². The summed E-state index contributed by atoms with van der Waals surface area (Å²) in [6.45, 7) is 2.58. The molecule has 28 heavy (non-hydrogen) atoms. The largest absolute Gasteiger partial charge is 0.315 e. The summed E-state index contributed by atoms with van der Waals surface area (Å²) in [6, 6.07) is 15.6. The van der Waals surface area contributed by atoms with Crippen molar-refractivity contribution in [3.8, 4) is 0 Å². The number of aryl methyl sites for hydroxylation is 1. The van der Waals surface area contributed by atoms with Gasteiger partial charge in [-0.25, -0.2) is 0 Å². The van der Waals surface area contributed by atoms with E-state index in [2.05, 4.69) is 22.3 Å². The number of benzene rings is 2. The van der Waals surface area contributed by atoms with E-state index in [9.17, 15) is 9.59 Å². The second kappa shape index (κ2) is 7.59. The SMILES string of the molecule is Cc1nnc(SCC(=O)c2ccc3c(c2)CC(=O)N3C)n1Cc1ccccc1. The Kier molecular flexibility index (Phi) is 5.00. The number of rotatable bonds is 6. The zero-order chi connectivity index (χ0) is 19.7. The number of carbonyl (C=O) groups is 2. The Labute approximate surface area is 167 Å². The first-order valence-corrected chi connectivity index (χ1v) is 10.0. The Hall–Kier alpha value is -2.93. The molecule has 2 heterocycles. The molecular formula is C21H20N4O2S. The Morgan fingerprint density at radius 3 is 2.71 bits per heavy atom. The van der Waals surface area contributed by atoms with E-state index in [1.807, 2.05) is 41.8 Å². The quantitative estimate of drug-likeness (QED) is 0.476. The van der Waals surface area contributed by atoms with Crippen molar-refractivity contribution in [3.05, 3.63) is 71.0 Å². The summed E-state index contributed by atoms with van der Waals surface area (Å²) >= 11 is 1.39. The van der Waals surface area contributed by atoms with Crippen molar-refractivity contribution in [2.45, 2.75) is 25.0 Å². The normalized spacial score (nSPS) is 13.1. The third kappa shape index (κ3) is 3.57. The molecule has 0 radical (unpaired) electrons. The molecule has 7 heteroatoms. The Morgan fingerprint density at radius 1 is 1.14 bits per heavy atom. The van der Waals surface area contributed by atoms with Gasteiger partial charge in [0.05, 0.1) is 18.7 Å². The minimum atomic E-state index is 0.0155. The van der Waals surface area contributed by atoms with E-state index in [1.54, 1.807) is 18.0 Å². The maximum absolute atomic E-state index is 12.7. The maximum Gasteiger partial charge on any atom is 0.231 e. The van der Waals surface area contributed by atoms with Crippen LogP contribution in [-0.2, 0) is 17.8 Å². The number of amides is 1. The van der Waals surface area contributed by atoms with E-state index in [4.69, 9.17) is 0 Å². The highest BCUT2D eigenvalue weighted by Crippen LogP contribution is 2.29. The van der Waals surface area contributed by atoms with Crippen LogP contribution in [0.25, 0.3) is 0 Å². The Morgan fingerprint density at radius 2 is 1.93 bits per heavy atom. The van der Waals surface area contributed by atoms with Gasteiger partial charge in [-0.2, -0.15) is 0 Å². The highest BCUT2D eigenvalue weighted by Gasteiger charge is 2.25. The molecule has 0 saturated heterocycles. The van der Waals surface area contributed by atoms with E-state index >= 15 is 0 Å². The molecule has 0 atom stereocenters. The van der Waals surface area contributed by atoms with Crippen LogP contribution in [0, 0.1) is 6.92 Å². The third-order valence-electron chi connectivity index (χ3n) is 4.90. The van der Waals surface area contributed by atoms with Crippen molar-refractivity contribution >= 4 is 29.1 Å². The molecule has 0 spiro atoms. The first-order valence-electron chi connectivity index (χ1n) is 9.02. The van der Waals surface area contributed by atoms with Gasteiger partial charge in [0.25, 0.3) is 0 Å². The molecule has 1 aromatic heterocycles. The Bertz CT molecular complexity index is 1050. The molecule has 0 N–H and O–H groups in total. The van der Waals surface area contributed by atoms with E-state index in [1.165, 1.54) is 11.8 Å². The standard InChI is InChI=1S/C21H20N4O2S/c1-14-22-23-21(25(14)12-15-6-4-3-5-7-15)28-13-19(26)16-8-9-18-17(10-16)11-20(27)24(18)2/h3-10H,11-13H2,1-2H3. The Balaban J connectivity index is 1.46. The minimum Gasteiger partial charge on any atom is -0.315 e. The van der Waals surface area contributed by atoms with Gasteiger partial charge < -0.3 is 9.47 Å². The monoisotopic (exact) mass is 392 g/mol. The number of fused-ring (bicyclic) bond motifs is 1. The van der Waals surface area contributed by atoms with E-state index in [0.29, 0.717) is 18.5 Å². The fourth-order valence-corrected chi connectivity index (χ4v) is 4.15. The van der Waals surface area contributed by atoms with Crippen molar-refractivity contribution in [2.75, 3.05) is 17.7 Å². The lowest BCUT2D eigenvalue weighted by molar-refractivity contribution is -0.117. The molecule has 4 rings (SSSR count). The zero-order valence-electron chi connectivity index (χ0n) is 15.8. The fourth-order valence-electron chi connectivity index (χ4n) is 3.27. The van der Waals surface area contributed by atoms with Crippen LogP contribution in [0.3, 0.4) is 0 Å². The van der Waals surface area contributed by atoms with Crippen LogP contribution >= 0.6 is 11.8 Å². The summed E-state index contributed by atoms with van der Waals surface area (Å²) in [5.74, 6) is 1.16. The van der Waals surface area contributed by atoms with Crippen molar-refractivity contribution < 1.29 is 9.59 Å². The summed E-state index contributed by atoms with van der Waals surface area (Å²) in [5.41, 5.74) is 3.57. The van der Waals surface area contributed by atoms with Gasteiger partial charge in [0, 0.05) is 18.3 Å². The van der Waals surface area contributed by atoms with Gasteiger partial charge in [0.2, 0.25) is 5.91 Å². The molecule has 1 aliphatic rings. The first kappa shape index (κ1) is 18.4. The molecule has 3 aromatic rings. The van der Waals surface area contributed by atoms with Crippen molar-refractivity contribution in [1.29, 1.82) is 0 Å². The van der Waals surface area contributed by atoms with Crippen LogP contribution in [-0.4, -0.2) is 39.3 Å². The number of aromatic nitrogens is 3. The molecule has 0 fully saturated rings. The summed E-state index contributed by atoms with van der Waals surface area (Å²) in [7, 11) is 1.76. The van der Waals surface area contributed by atoms with Crippen LogP contribution in [0.1, 0.15) is 27.3 Å². The molecule has 2 aromatic carbocycles. The number of thioether (sulfide) groups is 1. The average Bonchev–Trinajstić information content (AvgIpc) is 3.19. The second-order valence-corrected chi connectivity index (χ2v) is 7.73. The summed E-state index contributed by atoms with van der Waals surface area (Å²) in [5, 5.41) is 9.12. The lowest BCUT2D eigenvalue weighted by Crippen LogP contribution is -2.20. The highest BCUT2D eigenvalue weighted by atomic mass is 32.2. The number of ketones is 1. The van der Waals surface area contributed by atoms with E-state index in [0.717, 1.165) is 27.8 Å². The predicted octanol–water partition coefficient (Wildman–Crippen LogP) is 3.13. The van der Waals surface area contributed by atoms with Crippen molar-refractivity contribution in [1.82, 2.24) is 14.8 Å². The van der Waals surface area contributed by atoms with Crippen molar-refractivity contribution in [3.63, 3.8) is 0 Å². The summed E-state index contributed by atoms with van der Waals surface area (Å²) in [6.07, 6.45) is 0.352. The molecule has 0 aliphatic carbocycles. The highest BCUT2D eigenvalue weighted by molar-refractivity contribution is 7.99. The van der Waals surface area contributed by atoms with Gasteiger partial charge >= 0.3 is 0 Å². The predicted molar refractivity (Wildman–Crippen MR) is 109 cm³/mol. The number of carbonyl (C=O) groups excluding carboxylic acids is 2. The van der Waals surface area contributed by atoms with Gasteiger partial charge in [-0.05, 0) is 36.2 Å². The molecule has 1 amide bonds. The van der Waals surface area contributed by atoms with Crippen LogP contribution in [0.15, 0.2) is 53.7 Å². The second-order valence-electron chi connectivity index (χ2n) is 6.79. The number of anilines is 1. The zero-order valence-corrected chi connectivity index (χ0v) is 16.6. The molecule has 0 bridgehead atoms. The number of Topliss-reactive ketones (excluding diaryl/α,β-unsaturated/α-hetero) is 1. The number of hydrogen-bond acceptors (Lipinski definition) is 5. The molecule has 142 valence electrons. The van der Waals surface area contributed by atoms with Crippen LogP contribution in [0.2, 0.25) is 0 Å². The molecule has 0 saturated carbocycles. The average molecular weight is 392 g/mol. The minimum absolute atomic E-state index is 0.0155. The van der Waals surface area contributed by atoms with E-state index in [-0.39, 0.29) is 17.4 Å². The molecule has 0 unspecified atom stereocenters. The van der Waals surface area contributed by atoms with Gasteiger partial charge in [-0.3, -0.25) is 9.59 Å². The molecular weight excluding hydrogens is 372 g/mol. The lowest BCUT2D eigenvalue weighted by Gasteiger charge is -2.10. The van der Waals surface area contributed by atoms with Gasteiger partial charge in [0.1, 0.15) is 5.82 Å². The van der Waals surface area contributed by atoms with Gasteiger partial charge in [-0.1, -0.05) is 42.1 Å². The topological polar surface area (TPSA) is 68.1 Å². The summed E-state index contributed by atoms with van der Waals surface area (Å²) in [4.78, 5) is 26.1. The fraction of sp³-hybridized carbons (Fsp3) is 0.238. The van der Waals surface area contributed by atoms with Crippen LogP contribution in [0.5, 0.6) is 0 Å². The van der Waals surface area contributed by atoms with E-state index < -0.39 is 0 Å². The van der Waals surface area contributed by atoms with Crippen LogP contribution in [0.4, 0.5) is 5.69 Å². The smallest absolute Gasteiger partial charge is 0.231 e. The first-order chi connectivity index (χ1) is 13.5. The van der Waals surface area contributed by atoms with Gasteiger partial charge in [0.15, 0.2) is 10.9 Å².